The smallest absolute Gasteiger partial charge is 0.255 e. The number of nitrogens with zero attached hydrogens (tertiary/aromatic N) is 3. The van der Waals surface area contributed by atoms with Crippen molar-refractivity contribution in [2.75, 3.05) is 28.4 Å². The van der Waals surface area contributed by atoms with Gasteiger partial charge < -0.3 is 25.1 Å². The van der Waals surface area contributed by atoms with Crippen molar-refractivity contribution in [1.29, 1.82) is 0 Å². The fourth-order valence-electron chi connectivity index (χ4n) is 4.84. The van der Waals surface area contributed by atoms with Crippen LogP contribution in [0.5, 0.6) is 5.75 Å². The molecule has 1 aliphatic rings. The van der Waals surface area contributed by atoms with Crippen LogP contribution in [0.4, 0.5) is 17.1 Å². The Hall–Kier alpha value is -3.63. The standard InChI is InChI=1S/C30H41N7O2S/c1-18-9-10-19(13-24(18)37(32)17-21(31)25-16-33-28(36(25)6)29(2,3)4)27(38)34-22-14-20(30(5)11-12-30)15-23(35-40-8)26(22)39-7/h9-10,13-17,35H,11-12,31-32H2,1-8H3,(H,34,38)/b21-17-. The first-order valence-electron chi connectivity index (χ1n) is 13.3. The number of imidazole rings is 1. The highest BCUT2D eigenvalue weighted by Gasteiger charge is 2.40. The van der Waals surface area contributed by atoms with Crippen LogP contribution in [0.2, 0.25) is 0 Å². The number of ether oxygens (including phenoxy) is 1. The van der Waals surface area contributed by atoms with Gasteiger partial charge in [-0.25, -0.2) is 10.8 Å². The number of carbonyl (C=O) groups is 1. The number of hydrogen-bond acceptors (Lipinski definition) is 8. The second-order valence-corrected chi connectivity index (χ2v) is 12.3. The molecule has 10 heteroatoms. The maximum atomic E-state index is 13.5. The maximum absolute atomic E-state index is 13.5. The lowest BCUT2D eigenvalue weighted by atomic mass is 9.96. The van der Waals surface area contributed by atoms with Crippen molar-refractivity contribution in [2.45, 2.75) is 58.3 Å². The van der Waals surface area contributed by atoms with Crippen molar-refractivity contribution in [3.05, 3.63) is 70.9 Å². The molecule has 40 heavy (non-hydrogen) atoms. The molecule has 0 bridgehead atoms. The van der Waals surface area contributed by atoms with Gasteiger partial charge in [0.05, 0.1) is 41.8 Å². The molecule has 0 unspecified atom stereocenters. The number of nitrogens with one attached hydrogen (secondary N) is 2. The van der Waals surface area contributed by atoms with E-state index in [0.717, 1.165) is 35.6 Å². The van der Waals surface area contributed by atoms with E-state index in [2.05, 4.69) is 48.8 Å². The first-order chi connectivity index (χ1) is 18.8. The first-order valence-corrected chi connectivity index (χ1v) is 14.5. The lowest BCUT2D eigenvalue weighted by molar-refractivity contribution is 0.102. The van der Waals surface area contributed by atoms with Crippen LogP contribution in [0.25, 0.3) is 5.70 Å². The van der Waals surface area contributed by atoms with Gasteiger partial charge in [-0.05, 0) is 60.6 Å². The molecule has 2 aromatic carbocycles. The molecule has 1 aliphatic carbocycles. The summed E-state index contributed by atoms with van der Waals surface area (Å²) in [5, 5.41) is 4.51. The van der Waals surface area contributed by atoms with E-state index in [9.17, 15) is 4.79 Å². The van der Waals surface area contributed by atoms with Crippen molar-refractivity contribution in [3.63, 3.8) is 0 Å². The third kappa shape index (κ3) is 5.93. The van der Waals surface area contributed by atoms with Crippen LogP contribution >= 0.6 is 11.9 Å². The predicted octanol–water partition coefficient (Wildman–Crippen LogP) is 5.67. The molecule has 0 atom stereocenters. The molecule has 214 valence electrons. The van der Waals surface area contributed by atoms with E-state index in [1.54, 1.807) is 31.6 Å². The number of benzene rings is 2. The number of amides is 1. The van der Waals surface area contributed by atoms with Crippen LogP contribution in [0.3, 0.4) is 0 Å². The Balaban J connectivity index is 1.63. The number of nitrogens with two attached hydrogens (primary N) is 2. The summed E-state index contributed by atoms with van der Waals surface area (Å²) in [6.07, 6.45) is 7.59. The summed E-state index contributed by atoms with van der Waals surface area (Å²) in [4.78, 5) is 18.0. The third-order valence-electron chi connectivity index (χ3n) is 7.43. The molecule has 6 N–H and O–H groups in total. The number of hydrazine groups is 1. The van der Waals surface area contributed by atoms with Crippen LogP contribution < -0.4 is 31.4 Å². The highest BCUT2D eigenvalue weighted by atomic mass is 32.2. The van der Waals surface area contributed by atoms with Gasteiger partial charge in [0.25, 0.3) is 5.91 Å². The van der Waals surface area contributed by atoms with Gasteiger partial charge in [-0.1, -0.05) is 45.7 Å². The minimum atomic E-state index is -0.264. The second kappa shape index (κ2) is 11.1. The molecule has 1 fully saturated rings. The Labute approximate surface area is 241 Å². The van der Waals surface area contributed by atoms with Crippen LogP contribution in [0.1, 0.15) is 73.5 Å². The van der Waals surface area contributed by atoms with E-state index in [1.807, 2.05) is 36.9 Å². The summed E-state index contributed by atoms with van der Waals surface area (Å²) in [6.45, 7) is 10.5. The Bertz CT molecular complexity index is 1450. The van der Waals surface area contributed by atoms with Gasteiger partial charge >= 0.3 is 0 Å². The zero-order valence-electron chi connectivity index (χ0n) is 24.7. The number of methoxy groups -OCH3 is 1. The third-order valence-corrected chi connectivity index (χ3v) is 7.86. The minimum Gasteiger partial charge on any atom is -0.492 e. The molecular formula is C30H41N7O2S. The number of aromatic nitrogens is 2. The summed E-state index contributed by atoms with van der Waals surface area (Å²) in [5.41, 5.74) is 12.3. The number of rotatable bonds is 9. The summed E-state index contributed by atoms with van der Waals surface area (Å²) < 4.78 is 11.0. The Kier molecular flexibility index (Phi) is 8.14. The van der Waals surface area contributed by atoms with E-state index in [1.165, 1.54) is 22.5 Å². The topological polar surface area (TPSA) is 123 Å². The number of carbonyl (C=O) groups excluding carboxylic acids is 1. The average Bonchev–Trinajstić information content (AvgIpc) is 3.51. The summed E-state index contributed by atoms with van der Waals surface area (Å²) in [5.74, 6) is 7.70. The Morgan fingerprint density at radius 1 is 1.23 bits per heavy atom. The number of anilines is 3. The average molecular weight is 564 g/mol. The second-order valence-electron chi connectivity index (χ2n) is 11.7. The minimum absolute atomic E-state index is 0.117. The number of hydrogen-bond donors (Lipinski definition) is 4. The molecular weight excluding hydrogens is 522 g/mol. The van der Waals surface area contributed by atoms with Crippen molar-refractivity contribution >= 4 is 40.6 Å². The van der Waals surface area contributed by atoms with Gasteiger partial charge in [0.1, 0.15) is 5.82 Å². The summed E-state index contributed by atoms with van der Waals surface area (Å²) in [7, 11) is 3.54. The first kappa shape index (κ1) is 29.4. The van der Waals surface area contributed by atoms with Gasteiger partial charge in [-0.2, -0.15) is 0 Å². The van der Waals surface area contributed by atoms with Crippen LogP contribution in [-0.2, 0) is 17.9 Å². The Morgan fingerprint density at radius 3 is 2.48 bits per heavy atom. The molecule has 0 aliphatic heterocycles. The van der Waals surface area contributed by atoms with Crippen molar-refractivity contribution in [1.82, 2.24) is 9.55 Å². The van der Waals surface area contributed by atoms with Crippen molar-refractivity contribution in [2.24, 2.45) is 18.6 Å². The quantitative estimate of drug-likeness (QED) is 0.149. The summed E-state index contributed by atoms with van der Waals surface area (Å²) in [6, 6.07) is 9.54. The molecule has 1 saturated carbocycles. The van der Waals surface area contributed by atoms with Crippen LogP contribution in [0.15, 0.2) is 42.7 Å². The van der Waals surface area contributed by atoms with Gasteiger partial charge in [0.2, 0.25) is 0 Å². The molecule has 4 rings (SSSR count). The largest absolute Gasteiger partial charge is 0.492 e. The van der Waals surface area contributed by atoms with Crippen molar-refractivity contribution < 1.29 is 9.53 Å². The van der Waals surface area contributed by atoms with E-state index in [-0.39, 0.29) is 16.7 Å². The monoisotopic (exact) mass is 563 g/mol. The van der Waals surface area contributed by atoms with E-state index < -0.39 is 0 Å². The van der Waals surface area contributed by atoms with Crippen molar-refractivity contribution in [3.8, 4) is 5.75 Å². The molecule has 1 amide bonds. The van der Waals surface area contributed by atoms with Crippen LogP contribution in [0, 0.1) is 6.92 Å². The molecule has 3 aromatic rings. The molecule has 1 aromatic heterocycles. The summed E-state index contributed by atoms with van der Waals surface area (Å²) >= 11 is 1.48. The van der Waals surface area contributed by atoms with E-state index in [0.29, 0.717) is 28.4 Å². The fourth-order valence-corrected chi connectivity index (χ4v) is 5.21. The van der Waals surface area contributed by atoms with Gasteiger partial charge in [0, 0.05) is 30.5 Å². The maximum Gasteiger partial charge on any atom is 0.255 e. The molecule has 0 radical (unpaired) electrons. The van der Waals surface area contributed by atoms with Gasteiger partial charge in [-0.15, -0.1) is 0 Å². The predicted molar refractivity (Wildman–Crippen MR) is 167 cm³/mol. The van der Waals surface area contributed by atoms with Crippen LogP contribution in [-0.4, -0.2) is 28.8 Å². The lowest BCUT2D eigenvalue weighted by Crippen LogP contribution is -2.27. The number of aryl methyl sites for hydroxylation is 1. The highest BCUT2D eigenvalue weighted by molar-refractivity contribution is 7.99. The van der Waals surface area contributed by atoms with E-state index >= 15 is 0 Å². The normalized spacial score (nSPS) is 14.6. The van der Waals surface area contributed by atoms with Gasteiger partial charge in [-0.3, -0.25) is 9.80 Å². The molecule has 0 saturated heterocycles. The molecule has 9 nitrogen and oxygen atoms in total. The lowest BCUT2D eigenvalue weighted by Gasteiger charge is -2.21. The Morgan fingerprint density at radius 2 is 1.90 bits per heavy atom. The van der Waals surface area contributed by atoms with Gasteiger partial charge in [0.15, 0.2) is 5.75 Å². The molecule has 1 heterocycles. The zero-order chi connectivity index (χ0) is 29.4. The SMILES string of the molecule is COc1c(NSC)cc(C2(C)CC2)cc1NC(=O)c1ccc(C)c(N(N)/C=C(\N)c2cnc(C(C)(C)C)n2C)c1. The molecule has 0 spiro atoms. The van der Waals surface area contributed by atoms with E-state index in [4.69, 9.17) is 16.3 Å². The highest BCUT2D eigenvalue weighted by Crippen LogP contribution is 2.51. The fraction of sp³-hybridized carbons (Fsp3) is 0.400. The zero-order valence-corrected chi connectivity index (χ0v) is 25.5.